The molecule has 0 spiro atoms. The molecule has 2 unspecified atom stereocenters. The second-order valence-electron chi connectivity index (χ2n) is 4.39. The third kappa shape index (κ3) is 5.18. The van der Waals surface area contributed by atoms with Crippen molar-refractivity contribution in [3.05, 3.63) is 35.4 Å². The van der Waals surface area contributed by atoms with Crippen LogP contribution < -0.4 is 5.32 Å². The van der Waals surface area contributed by atoms with Gasteiger partial charge in [-0.15, -0.1) is 0 Å². The van der Waals surface area contributed by atoms with Crippen LogP contribution in [0.15, 0.2) is 24.3 Å². The van der Waals surface area contributed by atoms with E-state index in [0.717, 1.165) is 12.1 Å². The summed E-state index contributed by atoms with van der Waals surface area (Å²) < 4.78 is 42.9. The second-order valence-corrected chi connectivity index (χ2v) is 4.39. The predicted molar refractivity (Wildman–Crippen MR) is 65.7 cm³/mol. The largest absolute Gasteiger partial charge is 0.416 e. The average Bonchev–Trinajstić information content (AvgIpc) is 2.33. The summed E-state index contributed by atoms with van der Waals surface area (Å²) in [6.45, 7) is 2.11. The summed E-state index contributed by atoms with van der Waals surface area (Å²) in [6.07, 6.45) is -4.94. The maximum atomic E-state index is 12.6. The van der Waals surface area contributed by atoms with E-state index in [2.05, 4.69) is 5.32 Å². The molecule has 0 saturated carbocycles. The van der Waals surface area contributed by atoms with Crippen LogP contribution in [0.2, 0.25) is 0 Å². The van der Waals surface area contributed by atoms with E-state index >= 15 is 0 Å². The zero-order chi connectivity index (χ0) is 14.5. The van der Waals surface area contributed by atoms with Crippen molar-refractivity contribution in [3.63, 3.8) is 0 Å². The van der Waals surface area contributed by atoms with Gasteiger partial charge in [0.15, 0.2) is 0 Å². The topological polar surface area (TPSA) is 41.5 Å². The highest BCUT2D eigenvalue weighted by molar-refractivity contribution is 5.28. The van der Waals surface area contributed by atoms with E-state index in [1.54, 1.807) is 13.0 Å². The van der Waals surface area contributed by atoms with Crippen molar-refractivity contribution in [1.82, 2.24) is 5.32 Å². The summed E-state index contributed by atoms with van der Waals surface area (Å²) in [5.74, 6) is 0. The fourth-order valence-corrected chi connectivity index (χ4v) is 1.68. The number of hydrogen-bond donors (Lipinski definition) is 2. The number of ether oxygens (including phenoxy) is 1. The fraction of sp³-hybridized carbons (Fsp3) is 0.538. The van der Waals surface area contributed by atoms with Crippen molar-refractivity contribution in [3.8, 4) is 0 Å². The minimum absolute atomic E-state index is 0.230. The molecule has 1 rings (SSSR count). The molecule has 0 aliphatic heterocycles. The molecule has 0 aliphatic carbocycles. The summed E-state index contributed by atoms with van der Waals surface area (Å²) in [5, 5.41) is 12.2. The molecule has 0 amide bonds. The van der Waals surface area contributed by atoms with Gasteiger partial charge in [-0.2, -0.15) is 13.2 Å². The average molecular weight is 277 g/mol. The molecule has 0 heterocycles. The first-order valence-electron chi connectivity index (χ1n) is 5.92. The number of benzene rings is 1. The molecule has 2 N–H and O–H groups in total. The lowest BCUT2D eigenvalue weighted by atomic mass is 10.0. The van der Waals surface area contributed by atoms with E-state index in [4.69, 9.17) is 4.74 Å². The van der Waals surface area contributed by atoms with Crippen LogP contribution in [0.25, 0.3) is 0 Å². The quantitative estimate of drug-likeness (QED) is 0.838. The van der Waals surface area contributed by atoms with Crippen molar-refractivity contribution in [1.29, 1.82) is 0 Å². The van der Waals surface area contributed by atoms with Gasteiger partial charge >= 0.3 is 6.18 Å². The van der Waals surface area contributed by atoms with Gasteiger partial charge in [-0.05, 0) is 24.6 Å². The monoisotopic (exact) mass is 277 g/mol. The van der Waals surface area contributed by atoms with Gasteiger partial charge in [0.05, 0.1) is 24.3 Å². The van der Waals surface area contributed by atoms with Crippen molar-refractivity contribution in [2.24, 2.45) is 0 Å². The molecule has 0 aromatic heterocycles. The number of alkyl halides is 3. The summed E-state index contributed by atoms with van der Waals surface area (Å²) in [5.41, 5.74) is -0.206. The minimum atomic E-state index is -4.36. The number of aliphatic hydroxyl groups is 1. The Hall–Kier alpha value is -1.11. The zero-order valence-corrected chi connectivity index (χ0v) is 10.9. The summed E-state index contributed by atoms with van der Waals surface area (Å²) in [7, 11) is 1.48. The highest BCUT2D eigenvalue weighted by Crippen LogP contribution is 2.30. The number of halogens is 3. The fourth-order valence-electron chi connectivity index (χ4n) is 1.68. The van der Waals surface area contributed by atoms with Crippen LogP contribution in [0.4, 0.5) is 13.2 Å². The summed E-state index contributed by atoms with van der Waals surface area (Å²) in [4.78, 5) is 0. The van der Waals surface area contributed by atoms with E-state index in [9.17, 15) is 18.3 Å². The summed E-state index contributed by atoms with van der Waals surface area (Å²) in [6, 6.07) is 4.71. The minimum Gasteiger partial charge on any atom is -0.392 e. The number of hydrogen-bond acceptors (Lipinski definition) is 3. The molecule has 108 valence electrons. The van der Waals surface area contributed by atoms with Gasteiger partial charge in [-0.3, -0.25) is 0 Å². The molecular formula is C13H18F3NO2. The first-order valence-corrected chi connectivity index (χ1v) is 5.92. The van der Waals surface area contributed by atoms with Crippen LogP contribution >= 0.6 is 0 Å². The Labute approximate surface area is 110 Å². The van der Waals surface area contributed by atoms with Gasteiger partial charge in [0.2, 0.25) is 0 Å². The molecule has 2 atom stereocenters. The van der Waals surface area contributed by atoms with Crippen molar-refractivity contribution in [2.75, 3.05) is 20.3 Å². The lowest BCUT2D eigenvalue weighted by Crippen LogP contribution is -2.31. The maximum Gasteiger partial charge on any atom is 0.416 e. The van der Waals surface area contributed by atoms with E-state index in [1.165, 1.54) is 13.2 Å². The van der Waals surface area contributed by atoms with Gasteiger partial charge in [0.1, 0.15) is 0 Å². The molecule has 1 aromatic carbocycles. The van der Waals surface area contributed by atoms with Crippen LogP contribution in [0, 0.1) is 0 Å². The Balaban J connectivity index is 2.89. The van der Waals surface area contributed by atoms with Crippen LogP contribution in [-0.4, -0.2) is 31.5 Å². The summed E-state index contributed by atoms with van der Waals surface area (Å²) >= 11 is 0. The Morgan fingerprint density at radius 2 is 2.05 bits per heavy atom. The SMILES string of the molecule is COCC(NCC(C)O)c1cccc(C(F)(F)F)c1. The molecule has 0 saturated heterocycles. The highest BCUT2D eigenvalue weighted by Gasteiger charge is 2.30. The van der Waals surface area contributed by atoms with Gasteiger partial charge in [0.25, 0.3) is 0 Å². The molecule has 19 heavy (non-hydrogen) atoms. The van der Waals surface area contributed by atoms with Crippen LogP contribution in [-0.2, 0) is 10.9 Å². The number of methoxy groups -OCH3 is 1. The molecule has 0 aliphatic rings. The molecule has 0 bridgehead atoms. The number of nitrogens with one attached hydrogen (secondary N) is 1. The lowest BCUT2D eigenvalue weighted by molar-refractivity contribution is -0.137. The highest BCUT2D eigenvalue weighted by atomic mass is 19.4. The molecule has 0 fully saturated rings. The Bertz CT molecular complexity index is 394. The lowest BCUT2D eigenvalue weighted by Gasteiger charge is -2.20. The Morgan fingerprint density at radius 1 is 1.37 bits per heavy atom. The second kappa shape index (κ2) is 6.88. The zero-order valence-electron chi connectivity index (χ0n) is 10.9. The smallest absolute Gasteiger partial charge is 0.392 e. The third-order valence-electron chi connectivity index (χ3n) is 2.61. The first-order chi connectivity index (χ1) is 8.84. The van der Waals surface area contributed by atoms with E-state index < -0.39 is 17.8 Å². The molecule has 1 aromatic rings. The van der Waals surface area contributed by atoms with Gasteiger partial charge in [0, 0.05) is 13.7 Å². The molecular weight excluding hydrogens is 259 g/mol. The Kier molecular flexibility index (Phi) is 5.78. The maximum absolute atomic E-state index is 12.6. The van der Waals surface area contributed by atoms with Gasteiger partial charge in [-0.1, -0.05) is 12.1 Å². The number of rotatable bonds is 6. The van der Waals surface area contributed by atoms with E-state index in [0.29, 0.717) is 5.56 Å². The first kappa shape index (κ1) is 15.9. The van der Waals surface area contributed by atoms with E-state index in [1.807, 2.05) is 0 Å². The van der Waals surface area contributed by atoms with Crippen molar-refractivity contribution >= 4 is 0 Å². The van der Waals surface area contributed by atoms with Gasteiger partial charge < -0.3 is 15.2 Å². The normalized spacial score (nSPS) is 15.3. The van der Waals surface area contributed by atoms with Crippen molar-refractivity contribution < 1.29 is 23.0 Å². The molecule has 6 heteroatoms. The molecule has 3 nitrogen and oxygen atoms in total. The standard InChI is InChI=1S/C13H18F3NO2/c1-9(18)7-17-12(8-19-2)10-4-3-5-11(6-10)13(14,15)16/h3-6,9,12,17-18H,7-8H2,1-2H3. The predicted octanol–water partition coefficient (Wildman–Crippen LogP) is 2.36. The van der Waals surface area contributed by atoms with Crippen molar-refractivity contribution in [2.45, 2.75) is 25.2 Å². The van der Waals surface area contributed by atoms with E-state index in [-0.39, 0.29) is 19.2 Å². The van der Waals surface area contributed by atoms with Crippen LogP contribution in [0.1, 0.15) is 24.1 Å². The van der Waals surface area contributed by atoms with Crippen LogP contribution in [0.5, 0.6) is 0 Å². The number of aliphatic hydroxyl groups excluding tert-OH is 1. The third-order valence-corrected chi connectivity index (χ3v) is 2.61. The Morgan fingerprint density at radius 3 is 2.58 bits per heavy atom. The van der Waals surface area contributed by atoms with Gasteiger partial charge in [-0.25, -0.2) is 0 Å². The molecule has 0 radical (unpaired) electrons. The van der Waals surface area contributed by atoms with Crippen LogP contribution in [0.3, 0.4) is 0 Å².